The van der Waals surface area contributed by atoms with Crippen LogP contribution in [0, 0.1) is 13.8 Å². The van der Waals surface area contributed by atoms with Crippen molar-refractivity contribution in [1.82, 2.24) is 0 Å². The molecule has 258 valence electrons. The second kappa shape index (κ2) is 14.3. The zero-order valence-corrected chi connectivity index (χ0v) is 30.5. The number of nitrogens with zero attached hydrogens (tertiary/aromatic N) is 2. The van der Waals surface area contributed by atoms with Crippen LogP contribution in [0.3, 0.4) is 0 Å². The van der Waals surface area contributed by atoms with Gasteiger partial charge in [-0.15, -0.1) is 0 Å². The third-order valence-corrected chi connectivity index (χ3v) is 10.4. The summed E-state index contributed by atoms with van der Waals surface area (Å²) < 4.78 is 0. The van der Waals surface area contributed by atoms with E-state index in [1.165, 1.54) is 54.9 Å². The lowest BCUT2D eigenvalue weighted by molar-refractivity contribution is 1.28. The zero-order chi connectivity index (χ0) is 36.4. The van der Waals surface area contributed by atoms with Crippen molar-refractivity contribution < 1.29 is 0 Å². The quantitative estimate of drug-likeness (QED) is 0.156. The SMILES string of the molecule is Cc1ccc(N(c2ccc(-c3ccc(-c4ccc(N(c5ccc(C)cc5)c5ccc6ccccc6c5)cc4)cc3)cc2)c2ccc3ccccc3c2)cc1. The highest BCUT2D eigenvalue weighted by molar-refractivity contribution is 5.91. The highest BCUT2D eigenvalue weighted by Crippen LogP contribution is 2.39. The molecule has 2 heteroatoms. The molecule has 0 amide bonds. The van der Waals surface area contributed by atoms with E-state index in [9.17, 15) is 0 Å². The van der Waals surface area contributed by atoms with Crippen molar-refractivity contribution in [1.29, 1.82) is 0 Å². The molecule has 9 rings (SSSR count). The summed E-state index contributed by atoms with van der Waals surface area (Å²) in [4.78, 5) is 4.67. The van der Waals surface area contributed by atoms with Crippen molar-refractivity contribution >= 4 is 55.7 Å². The smallest absolute Gasteiger partial charge is 0.0468 e. The minimum absolute atomic E-state index is 1.12. The minimum atomic E-state index is 1.12. The Hall–Kier alpha value is -6.90. The molecular weight excluding hydrogens is 653 g/mol. The number of hydrogen-bond donors (Lipinski definition) is 0. The van der Waals surface area contributed by atoms with Gasteiger partial charge in [0.25, 0.3) is 0 Å². The van der Waals surface area contributed by atoms with Crippen molar-refractivity contribution in [2.24, 2.45) is 0 Å². The summed E-state index contributed by atoms with van der Waals surface area (Å²) in [6, 6.07) is 74.7. The number of rotatable bonds is 8. The van der Waals surface area contributed by atoms with Gasteiger partial charge in [-0.2, -0.15) is 0 Å². The average molecular weight is 693 g/mol. The van der Waals surface area contributed by atoms with Crippen LogP contribution in [0.15, 0.2) is 206 Å². The van der Waals surface area contributed by atoms with E-state index in [0.29, 0.717) is 0 Å². The molecular formula is C52H40N2. The molecule has 0 aliphatic rings. The van der Waals surface area contributed by atoms with Crippen LogP contribution in [0.1, 0.15) is 11.1 Å². The fourth-order valence-corrected chi connectivity index (χ4v) is 7.37. The molecule has 0 aromatic heterocycles. The molecule has 0 unspecified atom stereocenters. The lowest BCUT2D eigenvalue weighted by atomic mass is 9.99. The summed E-state index contributed by atoms with van der Waals surface area (Å²) in [5.74, 6) is 0. The molecule has 0 spiro atoms. The molecule has 0 bridgehead atoms. The summed E-state index contributed by atoms with van der Waals surface area (Å²) in [7, 11) is 0. The summed E-state index contributed by atoms with van der Waals surface area (Å²) in [5.41, 5.74) is 14.0. The first-order chi connectivity index (χ1) is 26.6. The Bertz CT molecular complexity index is 2500. The Kier molecular flexibility index (Phi) is 8.70. The zero-order valence-electron chi connectivity index (χ0n) is 30.5. The molecule has 0 aliphatic heterocycles. The van der Waals surface area contributed by atoms with Gasteiger partial charge in [-0.05, 0) is 130 Å². The number of benzene rings is 9. The van der Waals surface area contributed by atoms with Gasteiger partial charge in [0.15, 0.2) is 0 Å². The van der Waals surface area contributed by atoms with Gasteiger partial charge in [-0.25, -0.2) is 0 Å². The van der Waals surface area contributed by atoms with Gasteiger partial charge in [0.1, 0.15) is 0 Å². The average Bonchev–Trinajstić information content (AvgIpc) is 3.23. The van der Waals surface area contributed by atoms with Gasteiger partial charge < -0.3 is 9.80 Å². The second-order valence-electron chi connectivity index (χ2n) is 14.1. The van der Waals surface area contributed by atoms with Crippen LogP contribution in [0.5, 0.6) is 0 Å². The highest BCUT2D eigenvalue weighted by atomic mass is 15.1. The number of hydrogen-bond acceptors (Lipinski definition) is 2. The number of aryl methyl sites for hydroxylation is 2. The van der Waals surface area contributed by atoms with E-state index in [1.807, 2.05) is 0 Å². The van der Waals surface area contributed by atoms with Crippen molar-refractivity contribution in [3.63, 3.8) is 0 Å². The van der Waals surface area contributed by atoms with Crippen LogP contribution in [0.25, 0.3) is 43.8 Å². The molecule has 9 aromatic carbocycles. The number of anilines is 6. The van der Waals surface area contributed by atoms with Crippen molar-refractivity contribution in [2.75, 3.05) is 9.80 Å². The van der Waals surface area contributed by atoms with Crippen molar-refractivity contribution in [2.45, 2.75) is 13.8 Å². The van der Waals surface area contributed by atoms with Gasteiger partial charge in [-0.1, -0.05) is 145 Å². The van der Waals surface area contributed by atoms with Crippen LogP contribution in [0.4, 0.5) is 34.1 Å². The van der Waals surface area contributed by atoms with E-state index in [-0.39, 0.29) is 0 Å². The standard InChI is InChI=1S/C52H40N2/c1-37-11-25-47(26-12-37)53(51-33-23-39-7-3-5-9-45(39)35-51)49-29-19-43(20-30-49)41-15-17-42(18-16-41)44-21-31-50(32-22-44)54(48-27-13-38(2)14-28-48)52-34-24-40-8-4-6-10-46(40)36-52/h3-36H,1-2H3. The fourth-order valence-electron chi connectivity index (χ4n) is 7.37. The molecule has 0 aliphatic carbocycles. The minimum Gasteiger partial charge on any atom is -0.310 e. The summed E-state index contributed by atoms with van der Waals surface area (Å²) in [6.07, 6.45) is 0. The number of fused-ring (bicyclic) bond motifs is 2. The summed E-state index contributed by atoms with van der Waals surface area (Å²) in [6.45, 7) is 4.26. The van der Waals surface area contributed by atoms with Crippen molar-refractivity contribution in [3.05, 3.63) is 217 Å². The Labute approximate surface area is 317 Å². The van der Waals surface area contributed by atoms with Gasteiger partial charge in [-0.3, -0.25) is 0 Å². The maximum atomic E-state index is 2.34. The van der Waals surface area contributed by atoms with Crippen molar-refractivity contribution in [3.8, 4) is 22.3 Å². The van der Waals surface area contributed by atoms with E-state index in [4.69, 9.17) is 0 Å². The van der Waals surface area contributed by atoms with E-state index >= 15 is 0 Å². The van der Waals surface area contributed by atoms with Crippen LogP contribution in [-0.2, 0) is 0 Å². The second-order valence-corrected chi connectivity index (χ2v) is 14.1. The summed E-state index contributed by atoms with van der Waals surface area (Å²) >= 11 is 0. The fraction of sp³-hybridized carbons (Fsp3) is 0.0385. The largest absolute Gasteiger partial charge is 0.310 e. The molecule has 0 fully saturated rings. The Morgan fingerprint density at radius 2 is 0.500 bits per heavy atom. The molecule has 0 saturated carbocycles. The predicted molar refractivity (Wildman–Crippen MR) is 231 cm³/mol. The van der Waals surface area contributed by atoms with E-state index in [2.05, 4.69) is 230 Å². The van der Waals surface area contributed by atoms with Gasteiger partial charge in [0.05, 0.1) is 0 Å². The van der Waals surface area contributed by atoms with Gasteiger partial charge in [0, 0.05) is 34.1 Å². The first-order valence-corrected chi connectivity index (χ1v) is 18.6. The van der Waals surface area contributed by atoms with Crippen LogP contribution < -0.4 is 9.80 Å². The Morgan fingerprint density at radius 1 is 0.241 bits per heavy atom. The third-order valence-electron chi connectivity index (χ3n) is 10.4. The van der Waals surface area contributed by atoms with Gasteiger partial charge in [0.2, 0.25) is 0 Å². The maximum Gasteiger partial charge on any atom is 0.0468 e. The topological polar surface area (TPSA) is 6.48 Å². The molecule has 54 heavy (non-hydrogen) atoms. The predicted octanol–water partition coefficient (Wildman–Crippen LogP) is 14.9. The lowest BCUT2D eigenvalue weighted by Crippen LogP contribution is -2.09. The van der Waals surface area contributed by atoms with Crippen LogP contribution in [-0.4, -0.2) is 0 Å². The first kappa shape index (κ1) is 33.0. The molecule has 9 aromatic rings. The van der Waals surface area contributed by atoms with E-state index in [0.717, 1.165) is 34.1 Å². The third kappa shape index (κ3) is 6.62. The molecule has 0 heterocycles. The molecule has 0 N–H and O–H groups in total. The molecule has 0 radical (unpaired) electrons. The van der Waals surface area contributed by atoms with Crippen LogP contribution >= 0.6 is 0 Å². The molecule has 0 atom stereocenters. The highest BCUT2D eigenvalue weighted by Gasteiger charge is 2.15. The normalized spacial score (nSPS) is 11.1. The van der Waals surface area contributed by atoms with Crippen LogP contribution in [0.2, 0.25) is 0 Å². The Balaban J connectivity index is 0.984. The maximum absolute atomic E-state index is 2.34. The first-order valence-electron chi connectivity index (χ1n) is 18.6. The van der Waals surface area contributed by atoms with E-state index < -0.39 is 0 Å². The molecule has 0 saturated heterocycles. The molecule has 2 nitrogen and oxygen atoms in total. The lowest BCUT2D eigenvalue weighted by Gasteiger charge is -2.26. The van der Waals surface area contributed by atoms with E-state index in [1.54, 1.807) is 0 Å². The van der Waals surface area contributed by atoms with Gasteiger partial charge >= 0.3 is 0 Å². The Morgan fingerprint density at radius 3 is 0.833 bits per heavy atom. The summed E-state index contributed by atoms with van der Waals surface area (Å²) in [5, 5.41) is 4.94. The monoisotopic (exact) mass is 692 g/mol.